The number of nitrogens with zero attached hydrogens (tertiary/aromatic N) is 2. The number of anilines is 2. The molecule has 0 radical (unpaired) electrons. The van der Waals surface area contributed by atoms with Gasteiger partial charge in [-0.15, -0.1) is 0 Å². The minimum absolute atomic E-state index is 0.00510. The van der Waals surface area contributed by atoms with Crippen LogP contribution in [0.5, 0.6) is 0 Å². The molecule has 2 aliphatic rings. The van der Waals surface area contributed by atoms with Gasteiger partial charge in [0.15, 0.2) is 0 Å². The van der Waals surface area contributed by atoms with Gasteiger partial charge in [-0.25, -0.2) is 4.79 Å². The van der Waals surface area contributed by atoms with Gasteiger partial charge in [0.2, 0.25) is 5.91 Å². The Morgan fingerprint density at radius 1 is 1.03 bits per heavy atom. The number of benzene rings is 1. The lowest BCUT2D eigenvalue weighted by Crippen LogP contribution is -2.48. The number of carbonyl (C=O) groups is 2. The van der Waals surface area contributed by atoms with E-state index < -0.39 is 0 Å². The molecule has 2 fully saturated rings. The van der Waals surface area contributed by atoms with Crippen LogP contribution in [-0.2, 0) is 11.3 Å². The van der Waals surface area contributed by atoms with Gasteiger partial charge in [-0.1, -0.05) is 25.7 Å². The third-order valence-electron chi connectivity index (χ3n) is 6.33. The first-order valence-electron chi connectivity index (χ1n) is 11.5. The number of carbonyl (C=O) groups excluding carboxylic acids is 2. The summed E-state index contributed by atoms with van der Waals surface area (Å²) in [6.45, 7) is 4.54. The lowest BCUT2D eigenvalue weighted by Gasteiger charge is -2.36. The summed E-state index contributed by atoms with van der Waals surface area (Å²) in [5.41, 5.74) is 2.96. The molecule has 6 heteroatoms. The van der Waals surface area contributed by atoms with E-state index in [0.29, 0.717) is 6.54 Å². The van der Waals surface area contributed by atoms with Crippen LogP contribution in [0.15, 0.2) is 18.2 Å². The van der Waals surface area contributed by atoms with Gasteiger partial charge >= 0.3 is 6.03 Å². The van der Waals surface area contributed by atoms with E-state index in [1.54, 1.807) is 0 Å². The first kappa shape index (κ1) is 22.4. The molecular formula is C24H38N4O2. The van der Waals surface area contributed by atoms with Crippen molar-refractivity contribution in [2.75, 3.05) is 24.3 Å². The fourth-order valence-electron chi connectivity index (χ4n) is 4.41. The summed E-state index contributed by atoms with van der Waals surface area (Å²) in [7, 11) is 4.04. The Balaban J connectivity index is 1.83. The van der Waals surface area contributed by atoms with Gasteiger partial charge in [0.05, 0.1) is 0 Å². The molecule has 0 atom stereocenters. The molecule has 0 saturated heterocycles. The van der Waals surface area contributed by atoms with Crippen LogP contribution in [0.25, 0.3) is 0 Å². The summed E-state index contributed by atoms with van der Waals surface area (Å²) in [6, 6.07) is 6.43. The number of hydrogen-bond donors (Lipinski definition) is 2. The third kappa shape index (κ3) is 5.67. The number of rotatable bonds is 7. The van der Waals surface area contributed by atoms with Gasteiger partial charge in [-0.05, 0) is 63.3 Å². The molecule has 0 heterocycles. The van der Waals surface area contributed by atoms with E-state index in [1.807, 2.05) is 51.0 Å². The molecule has 0 spiro atoms. The van der Waals surface area contributed by atoms with Gasteiger partial charge in [-0.2, -0.15) is 0 Å². The van der Waals surface area contributed by atoms with Crippen LogP contribution >= 0.6 is 0 Å². The normalized spacial score (nSPS) is 17.4. The van der Waals surface area contributed by atoms with Crippen LogP contribution in [0.3, 0.4) is 0 Å². The van der Waals surface area contributed by atoms with Crippen LogP contribution < -0.4 is 15.5 Å². The Labute approximate surface area is 181 Å². The molecular weight excluding hydrogens is 376 g/mol. The van der Waals surface area contributed by atoms with E-state index in [2.05, 4.69) is 15.5 Å². The van der Waals surface area contributed by atoms with E-state index in [0.717, 1.165) is 49.0 Å². The molecule has 2 saturated carbocycles. The third-order valence-corrected chi connectivity index (χ3v) is 6.33. The van der Waals surface area contributed by atoms with Gasteiger partial charge in [-0.3, -0.25) is 4.79 Å². The summed E-state index contributed by atoms with van der Waals surface area (Å²) < 4.78 is 0. The largest absolute Gasteiger partial charge is 0.377 e. The fourth-order valence-corrected chi connectivity index (χ4v) is 4.41. The van der Waals surface area contributed by atoms with Crippen LogP contribution in [0.4, 0.5) is 16.2 Å². The lowest BCUT2D eigenvalue weighted by molar-refractivity contribution is -0.122. The molecule has 1 aromatic carbocycles. The van der Waals surface area contributed by atoms with E-state index in [4.69, 9.17) is 0 Å². The molecule has 1 aromatic rings. The molecule has 2 N–H and O–H groups in total. The van der Waals surface area contributed by atoms with Crippen molar-refractivity contribution in [1.29, 1.82) is 0 Å². The maximum Gasteiger partial charge on any atom is 0.318 e. The summed E-state index contributed by atoms with van der Waals surface area (Å²) in [4.78, 5) is 29.6. The van der Waals surface area contributed by atoms with E-state index >= 15 is 0 Å². The van der Waals surface area contributed by atoms with Crippen molar-refractivity contribution in [2.45, 2.75) is 83.8 Å². The molecule has 0 bridgehead atoms. The second kappa shape index (κ2) is 10.2. The maximum atomic E-state index is 13.1. The van der Waals surface area contributed by atoms with Crippen molar-refractivity contribution in [1.82, 2.24) is 10.2 Å². The van der Waals surface area contributed by atoms with Crippen molar-refractivity contribution < 1.29 is 9.59 Å². The predicted octanol–water partition coefficient (Wildman–Crippen LogP) is 4.74. The first-order valence-corrected chi connectivity index (χ1v) is 11.5. The average molecular weight is 415 g/mol. The monoisotopic (exact) mass is 414 g/mol. The molecule has 2 aliphatic carbocycles. The highest BCUT2D eigenvalue weighted by atomic mass is 16.2. The number of amides is 3. The topological polar surface area (TPSA) is 64.7 Å². The Morgan fingerprint density at radius 3 is 2.30 bits per heavy atom. The van der Waals surface area contributed by atoms with E-state index in [9.17, 15) is 9.59 Å². The average Bonchev–Trinajstić information content (AvgIpc) is 2.64. The Hall–Kier alpha value is -2.24. The van der Waals surface area contributed by atoms with Crippen LogP contribution in [0, 0.1) is 5.92 Å². The molecule has 6 nitrogen and oxygen atoms in total. The van der Waals surface area contributed by atoms with E-state index in [-0.39, 0.29) is 29.9 Å². The van der Waals surface area contributed by atoms with Crippen molar-refractivity contribution in [3.63, 3.8) is 0 Å². The fraction of sp³-hybridized carbons (Fsp3) is 0.667. The Kier molecular flexibility index (Phi) is 7.62. The summed E-state index contributed by atoms with van der Waals surface area (Å²) in [6.07, 6.45) is 8.83. The summed E-state index contributed by atoms with van der Waals surface area (Å²) in [5, 5.41) is 6.18. The highest BCUT2D eigenvalue weighted by molar-refractivity contribution is 5.93. The minimum Gasteiger partial charge on any atom is -0.377 e. The molecule has 0 aromatic heterocycles. The van der Waals surface area contributed by atoms with Crippen molar-refractivity contribution >= 4 is 23.3 Å². The van der Waals surface area contributed by atoms with Crippen molar-refractivity contribution in [3.8, 4) is 0 Å². The number of nitrogens with one attached hydrogen (secondary N) is 2. The first-order chi connectivity index (χ1) is 14.3. The predicted molar refractivity (Wildman–Crippen MR) is 123 cm³/mol. The SMILES string of the molecule is CC(C)NC(=O)N(Cc1cc(NC(=O)C2CCC2)ccc1N(C)C)C1CCCCC1. The van der Waals surface area contributed by atoms with Gasteiger partial charge < -0.3 is 20.4 Å². The molecule has 3 amide bonds. The highest BCUT2D eigenvalue weighted by Crippen LogP contribution is 2.31. The van der Waals surface area contributed by atoms with Crippen LogP contribution in [0.2, 0.25) is 0 Å². The van der Waals surface area contributed by atoms with E-state index in [1.165, 1.54) is 19.3 Å². The standard InChI is InChI=1S/C24H38N4O2/c1-17(2)25-24(30)28(21-11-6-5-7-12-21)16-19-15-20(13-14-22(19)27(3)4)26-23(29)18-9-8-10-18/h13-15,17-18,21H,5-12,16H2,1-4H3,(H,25,30)(H,26,29). The maximum absolute atomic E-state index is 13.1. The molecule has 0 unspecified atom stereocenters. The Bertz CT molecular complexity index is 737. The Morgan fingerprint density at radius 2 is 1.73 bits per heavy atom. The second-order valence-electron chi connectivity index (χ2n) is 9.38. The summed E-state index contributed by atoms with van der Waals surface area (Å²) >= 11 is 0. The summed E-state index contributed by atoms with van der Waals surface area (Å²) in [5.74, 6) is 0.268. The molecule has 166 valence electrons. The lowest BCUT2D eigenvalue weighted by atomic mass is 9.85. The van der Waals surface area contributed by atoms with Gasteiger partial charge in [0, 0.05) is 50.0 Å². The zero-order valence-corrected chi connectivity index (χ0v) is 19.0. The molecule has 30 heavy (non-hydrogen) atoms. The number of hydrogen-bond acceptors (Lipinski definition) is 3. The zero-order chi connectivity index (χ0) is 21.7. The smallest absolute Gasteiger partial charge is 0.318 e. The molecule has 0 aliphatic heterocycles. The van der Waals surface area contributed by atoms with Gasteiger partial charge in [0.1, 0.15) is 0 Å². The zero-order valence-electron chi connectivity index (χ0n) is 19.0. The minimum atomic E-state index is 0.00510. The van der Waals surface area contributed by atoms with Gasteiger partial charge in [0.25, 0.3) is 0 Å². The quantitative estimate of drug-likeness (QED) is 0.677. The van der Waals surface area contributed by atoms with Crippen LogP contribution in [-0.4, -0.2) is 43.0 Å². The molecule has 3 rings (SSSR count). The van der Waals surface area contributed by atoms with Crippen molar-refractivity contribution in [2.24, 2.45) is 5.92 Å². The van der Waals surface area contributed by atoms with Crippen molar-refractivity contribution in [3.05, 3.63) is 23.8 Å². The number of urea groups is 1. The second-order valence-corrected chi connectivity index (χ2v) is 9.38. The highest BCUT2D eigenvalue weighted by Gasteiger charge is 2.28. The van der Waals surface area contributed by atoms with Crippen LogP contribution in [0.1, 0.15) is 70.8 Å².